The SMILES string of the molecule is COC(=O)c1ccccc1-c1nc(Nc2cnn(C3CCN(C(=O)C4(O)CC4)CC3)c2)ncc1C. The minimum Gasteiger partial charge on any atom is -0.465 e. The summed E-state index contributed by atoms with van der Waals surface area (Å²) in [6, 6.07) is 7.36. The maximum atomic E-state index is 12.4. The zero-order valence-corrected chi connectivity index (χ0v) is 19.8. The first-order valence-electron chi connectivity index (χ1n) is 11.7. The molecular weight excluding hydrogens is 448 g/mol. The Kier molecular flexibility index (Phi) is 5.98. The van der Waals surface area contributed by atoms with Crippen LogP contribution in [0.2, 0.25) is 0 Å². The van der Waals surface area contributed by atoms with Gasteiger partial charge in [0, 0.05) is 31.0 Å². The van der Waals surface area contributed by atoms with Gasteiger partial charge in [-0.15, -0.1) is 0 Å². The predicted molar refractivity (Wildman–Crippen MR) is 128 cm³/mol. The molecule has 1 amide bonds. The number of methoxy groups -OCH3 is 1. The van der Waals surface area contributed by atoms with E-state index in [2.05, 4.69) is 20.4 Å². The average Bonchev–Trinajstić information content (AvgIpc) is 3.47. The lowest BCUT2D eigenvalue weighted by molar-refractivity contribution is -0.143. The summed E-state index contributed by atoms with van der Waals surface area (Å²) in [4.78, 5) is 35.4. The maximum Gasteiger partial charge on any atom is 0.338 e. The molecule has 1 aliphatic heterocycles. The van der Waals surface area contributed by atoms with E-state index in [0.29, 0.717) is 48.7 Å². The smallest absolute Gasteiger partial charge is 0.338 e. The highest BCUT2D eigenvalue weighted by atomic mass is 16.5. The Bertz CT molecular complexity index is 1260. The normalized spacial score (nSPS) is 17.2. The van der Waals surface area contributed by atoms with Gasteiger partial charge in [-0.3, -0.25) is 9.48 Å². The molecule has 3 heterocycles. The highest BCUT2D eigenvalue weighted by Crippen LogP contribution is 2.38. The number of aryl methyl sites for hydroxylation is 1. The van der Waals surface area contributed by atoms with E-state index in [1.165, 1.54) is 7.11 Å². The molecule has 10 nitrogen and oxygen atoms in total. The number of amides is 1. The van der Waals surface area contributed by atoms with Gasteiger partial charge in [0.25, 0.3) is 5.91 Å². The van der Waals surface area contributed by atoms with Gasteiger partial charge in [0.15, 0.2) is 0 Å². The van der Waals surface area contributed by atoms with Crippen molar-refractivity contribution in [3.8, 4) is 11.3 Å². The van der Waals surface area contributed by atoms with E-state index < -0.39 is 11.6 Å². The Morgan fingerprint density at radius 1 is 1.17 bits per heavy atom. The summed E-state index contributed by atoms with van der Waals surface area (Å²) in [5.41, 5.74) is 2.22. The summed E-state index contributed by atoms with van der Waals surface area (Å²) in [6.45, 7) is 3.11. The van der Waals surface area contributed by atoms with Crippen molar-refractivity contribution in [2.75, 3.05) is 25.5 Å². The third-order valence-corrected chi connectivity index (χ3v) is 6.66. The lowest BCUT2D eigenvalue weighted by atomic mass is 10.0. The zero-order chi connectivity index (χ0) is 24.6. The van der Waals surface area contributed by atoms with Crippen LogP contribution in [0, 0.1) is 6.92 Å². The van der Waals surface area contributed by atoms with Crippen LogP contribution in [0.5, 0.6) is 0 Å². The molecule has 2 N–H and O–H groups in total. The molecule has 0 atom stereocenters. The number of benzene rings is 1. The standard InChI is InChI=1S/C25H28N6O4/c1-16-13-26-24(29-21(16)19-5-3-4-6-20(19)22(32)35-2)28-17-14-27-31(15-17)18-7-11-30(12-8-18)23(33)25(34)9-10-25/h3-6,13-15,18,34H,7-12H2,1-2H3,(H,26,28,29). The van der Waals surface area contributed by atoms with Crippen LogP contribution in [0.4, 0.5) is 11.6 Å². The molecule has 35 heavy (non-hydrogen) atoms. The number of hydrogen-bond acceptors (Lipinski definition) is 8. The largest absolute Gasteiger partial charge is 0.465 e. The molecule has 2 aromatic heterocycles. The van der Waals surface area contributed by atoms with Crippen molar-refractivity contribution in [3.63, 3.8) is 0 Å². The molecule has 0 bridgehead atoms. The Balaban J connectivity index is 1.28. The molecule has 1 saturated carbocycles. The van der Waals surface area contributed by atoms with E-state index in [4.69, 9.17) is 4.74 Å². The van der Waals surface area contributed by atoms with Gasteiger partial charge in [-0.25, -0.2) is 14.8 Å². The number of rotatable bonds is 6. The number of nitrogens with zero attached hydrogens (tertiary/aromatic N) is 5. The summed E-state index contributed by atoms with van der Waals surface area (Å²) in [6.07, 6.45) is 8.02. The number of carbonyl (C=O) groups is 2. The number of aromatic nitrogens is 4. The number of ether oxygens (including phenoxy) is 1. The first kappa shape index (κ1) is 23.0. The molecule has 3 aromatic rings. The molecule has 1 aromatic carbocycles. The van der Waals surface area contributed by atoms with E-state index in [-0.39, 0.29) is 11.9 Å². The number of likely N-dealkylation sites (tertiary alicyclic amines) is 1. The van der Waals surface area contributed by atoms with Gasteiger partial charge in [-0.1, -0.05) is 18.2 Å². The molecular formula is C25H28N6O4. The van der Waals surface area contributed by atoms with E-state index in [1.54, 1.807) is 29.4 Å². The number of aliphatic hydroxyl groups is 1. The number of piperidine rings is 1. The molecule has 2 fully saturated rings. The molecule has 0 spiro atoms. The summed E-state index contributed by atoms with van der Waals surface area (Å²) in [5, 5.41) is 17.8. The molecule has 1 aliphatic carbocycles. The van der Waals surface area contributed by atoms with E-state index in [1.807, 2.05) is 29.9 Å². The molecule has 0 radical (unpaired) electrons. The molecule has 10 heteroatoms. The zero-order valence-electron chi connectivity index (χ0n) is 19.8. The fourth-order valence-electron chi connectivity index (χ4n) is 4.44. The van der Waals surface area contributed by atoms with Crippen LogP contribution >= 0.6 is 0 Å². The van der Waals surface area contributed by atoms with Gasteiger partial charge in [-0.2, -0.15) is 5.10 Å². The maximum absolute atomic E-state index is 12.4. The monoisotopic (exact) mass is 476 g/mol. The highest BCUT2D eigenvalue weighted by molar-refractivity contribution is 5.97. The predicted octanol–water partition coefficient (Wildman–Crippen LogP) is 2.87. The Hall–Kier alpha value is -3.79. The average molecular weight is 477 g/mol. The van der Waals surface area contributed by atoms with E-state index in [0.717, 1.165) is 24.1 Å². The van der Waals surface area contributed by atoms with Crippen LogP contribution in [0.1, 0.15) is 47.6 Å². The second-order valence-corrected chi connectivity index (χ2v) is 9.15. The van der Waals surface area contributed by atoms with Gasteiger partial charge in [0.05, 0.1) is 36.3 Å². The van der Waals surface area contributed by atoms with E-state index in [9.17, 15) is 14.7 Å². The Morgan fingerprint density at radius 2 is 1.91 bits per heavy atom. The van der Waals surface area contributed by atoms with Crippen molar-refractivity contribution < 1.29 is 19.4 Å². The number of hydrogen-bond donors (Lipinski definition) is 2. The highest BCUT2D eigenvalue weighted by Gasteiger charge is 2.50. The number of esters is 1. The van der Waals surface area contributed by atoms with Crippen molar-refractivity contribution in [1.82, 2.24) is 24.6 Å². The molecule has 182 valence electrons. The number of nitrogens with one attached hydrogen (secondary N) is 1. The van der Waals surface area contributed by atoms with Crippen LogP contribution in [0.3, 0.4) is 0 Å². The summed E-state index contributed by atoms with van der Waals surface area (Å²) in [5.74, 6) is -0.170. The lowest BCUT2D eigenvalue weighted by Crippen LogP contribution is -2.45. The van der Waals surface area contributed by atoms with Crippen molar-refractivity contribution in [2.24, 2.45) is 0 Å². The first-order chi connectivity index (χ1) is 16.9. The van der Waals surface area contributed by atoms with Crippen molar-refractivity contribution in [3.05, 3.63) is 54.0 Å². The van der Waals surface area contributed by atoms with Gasteiger partial charge in [0.2, 0.25) is 5.95 Å². The van der Waals surface area contributed by atoms with E-state index >= 15 is 0 Å². The summed E-state index contributed by atoms with van der Waals surface area (Å²) in [7, 11) is 1.36. The summed E-state index contributed by atoms with van der Waals surface area (Å²) >= 11 is 0. The van der Waals surface area contributed by atoms with Gasteiger partial charge in [-0.05, 0) is 44.2 Å². The number of anilines is 2. The summed E-state index contributed by atoms with van der Waals surface area (Å²) < 4.78 is 6.82. The quantitative estimate of drug-likeness (QED) is 0.521. The van der Waals surface area contributed by atoms with Gasteiger partial charge in [0.1, 0.15) is 5.60 Å². The number of carbonyl (C=O) groups excluding carboxylic acids is 2. The van der Waals surface area contributed by atoms with Crippen LogP contribution in [-0.2, 0) is 9.53 Å². The van der Waals surface area contributed by atoms with Crippen LogP contribution in [0.15, 0.2) is 42.9 Å². The third kappa shape index (κ3) is 4.61. The van der Waals surface area contributed by atoms with Crippen molar-refractivity contribution >= 4 is 23.5 Å². The molecule has 0 unspecified atom stereocenters. The minimum atomic E-state index is -1.11. The van der Waals surface area contributed by atoms with Crippen LogP contribution in [0.25, 0.3) is 11.3 Å². The third-order valence-electron chi connectivity index (χ3n) is 6.66. The van der Waals surface area contributed by atoms with Crippen molar-refractivity contribution in [2.45, 2.75) is 44.2 Å². The lowest BCUT2D eigenvalue weighted by Gasteiger charge is -2.33. The van der Waals surface area contributed by atoms with Crippen LogP contribution in [-0.4, -0.2) is 67.4 Å². The Labute approximate surface area is 203 Å². The molecule has 1 saturated heterocycles. The topological polar surface area (TPSA) is 122 Å². The second-order valence-electron chi connectivity index (χ2n) is 9.15. The fourth-order valence-corrected chi connectivity index (χ4v) is 4.44. The fraction of sp³-hybridized carbons (Fsp3) is 0.400. The van der Waals surface area contributed by atoms with Gasteiger partial charge >= 0.3 is 5.97 Å². The molecule has 5 rings (SSSR count). The Morgan fingerprint density at radius 3 is 2.63 bits per heavy atom. The minimum absolute atomic E-state index is 0.139. The van der Waals surface area contributed by atoms with Crippen LogP contribution < -0.4 is 5.32 Å². The van der Waals surface area contributed by atoms with Crippen molar-refractivity contribution in [1.29, 1.82) is 0 Å². The first-order valence-corrected chi connectivity index (χ1v) is 11.7. The molecule has 2 aliphatic rings. The van der Waals surface area contributed by atoms with Gasteiger partial charge < -0.3 is 20.1 Å². The second kappa shape index (κ2) is 9.10.